The van der Waals surface area contributed by atoms with Gasteiger partial charge in [0.1, 0.15) is 5.69 Å². The number of benzene rings is 1. The highest BCUT2D eigenvalue weighted by atomic mass is 16.6. The van der Waals surface area contributed by atoms with Gasteiger partial charge in [-0.2, -0.15) is 5.10 Å². The molecule has 0 radical (unpaired) electrons. The molecule has 0 aliphatic rings. The number of anilines is 1. The zero-order valence-electron chi connectivity index (χ0n) is 11.1. The molecular formula is C13H16N4O2. The molecule has 1 atom stereocenters. The van der Waals surface area contributed by atoms with E-state index in [4.69, 9.17) is 0 Å². The average Bonchev–Trinajstić information content (AvgIpc) is 2.75. The Hall–Kier alpha value is -2.37. The molecule has 0 amide bonds. The highest BCUT2D eigenvalue weighted by Gasteiger charge is 2.18. The third-order valence-electron chi connectivity index (χ3n) is 3.02. The zero-order chi connectivity index (χ0) is 14.0. The highest BCUT2D eigenvalue weighted by Crippen LogP contribution is 2.30. The molecule has 6 heteroatoms. The van der Waals surface area contributed by atoms with E-state index in [0.29, 0.717) is 11.3 Å². The molecule has 19 heavy (non-hydrogen) atoms. The quantitative estimate of drug-likeness (QED) is 0.677. The predicted octanol–water partition coefficient (Wildman–Crippen LogP) is 2.81. The van der Waals surface area contributed by atoms with Gasteiger partial charge in [-0.25, -0.2) is 0 Å². The van der Waals surface area contributed by atoms with Gasteiger partial charge in [0.25, 0.3) is 5.69 Å². The van der Waals surface area contributed by atoms with Crippen molar-refractivity contribution in [2.75, 3.05) is 5.32 Å². The van der Waals surface area contributed by atoms with Crippen LogP contribution in [0.25, 0.3) is 0 Å². The average molecular weight is 260 g/mol. The standard InChI is InChI=1S/C13H16N4O2/c1-9-5-4-6-12(13(9)17(18)19)15-10(2)11-7-14-16(3)8-11/h4-8,10,15H,1-3H3. The molecule has 0 bridgehead atoms. The molecule has 0 spiro atoms. The van der Waals surface area contributed by atoms with Crippen molar-refractivity contribution in [1.82, 2.24) is 9.78 Å². The number of aryl methyl sites for hydroxylation is 2. The van der Waals surface area contributed by atoms with E-state index in [2.05, 4.69) is 10.4 Å². The van der Waals surface area contributed by atoms with Crippen LogP contribution < -0.4 is 5.32 Å². The van der Waals surface area contributed by atoms with Crippen LogP contribution in [0.2, 0.25) is 0 Å². The summed E-state index contributed by atoms with van der Waals surface area (Å²) in [4.78, 5) is 10.8. The highest BCUT2D eigenvalue weighted by molar-refractivity contribution is 5.65. The fourth-order valence-corrected chi connectivity index (χ4v) is 2.00. The van der Waals surface area contributed by atoms with Gasteiger partial charge in [-0.3, -0.25) is 14.8 Å². The zero-order valence-corrected chi connectivity index (χ0v) is 11.1. The summed E-state index contributed by atoms with van der Waals surface area (Å²) in [5, 5.41) is 18.4. The first kappa shape index (κ1) is 13.1. The van der Waals surface area contributed by atoms with Gasteiger partial charge in [-0.15, -0.1) is 0 Å². The molecule has 2 aromatic rings. The van der Waals surface area contributed by atoms with E-state index in [-0.39, 0.29) is 16.7 Å². The van der Waals surface area contributed by atoms with Crippen LogP contribution in [-0.2, 0) is 7.05 Å². The van der Waals surface area contributed by atoms with Crippen molar-refractivity contribution in [2.45, 2.75) is 19.9 Å². The molecule has 1 heterocycles. The normalized spacial score (nSPS) is 12.2. The third-order valence-corrected chi connectivity index (χ3v) is 3.02. The number of nitrogens with one attached hydrogen (secondary N) is 1. The lowest BCUT2D eigenvalue weighted by molar-refractivity contribution is -0.384. The largest absolute Gasteiger partial charge is 0.373 e. The maximum Gasteiger partial charge on any atom is 0.295 e. The van der Waals surface area contributed by atoms with Crippen LogP contribution in [0.4, 0.5) is 11.4 Å². The monoisotopic (exact) mass is 260 g/mol. The lowest BCUT2D eigenvalue weighted by Crippen LogP contribution is -2.08. The molecule has 0 aliphatic heterocycles. The summed E-state index contributed by atoms with van der Waals surface area (Å²) in [6, 6.07) is 5.21. The molecule has 1 aromatic carbocycles. The molecule has 6 nitrogen and oxygen atoms in total. The minimum absolute atomic E-state index is 0.0470. The minimum atomic E-state index is -0.354. The first-order valence-electron chi connectivity index (χ1n) is 5.98. The number of hydrogen-bond acceptors (Lipinski definition) is 4. The van der Waals surface area contributed by atoms with Crippen LogP contribution in [0.15, 0.2) is 30.6 Å². The lowest BCUT2D eigenvalue weighted by atomic mass is 10.1. The van der Waals surface area contributed by atoms with Crippen LogP contribution in [0.3, 0.4) is 0 Å². The van der Waals surface area contributed by atoms with Gasteiger partial charge >= 0.3 is 0 Å². The summed E-state index contributed by atoms with van der Waals surface area (Å²) in [5.41, 5.74) is 2.28. The van der Waals surface area contributed by atoms with Gasteiger partial charge in [-0.1, -0.05) is 12.1 Å². The SMILES string of the molecule is Cc1cccc(NC(C)c2cnn(C)c2)c1[N+](=O)[O-]. The summed E-state index contributed by atoms with van der Waals surface area (Å²) < 4.78 is 1.71. The molecule has 100 valence electrons. The molecule has 0 aliphatic carbocycles. The maximum absolute atomic E-state index is 11.1. The summed E-state index contributed by atoms with van der Waals surface area (Å²) in [5.74, 6) is 0. The third kappa shape index (κ3) is 2.73. The van der Waals surface area contributed by atoms with Gasteiger partial charge in [-0.05, 0) is 19.9 Å². The van der Waals surface area contributed by atoms with Crippen molar-refractivity contribution in [2.24, 2.45) is 7.05 Å². The predicted molar refractivity (Wildman–Crippen MR) is 73.1 cm³/mol. The Morgan fingerprint density at radius 3 is 2.79 bits per heavy atom. The summed E-state index contributed by atoms with van der Waals surface area (Å²) >= 11 is 0. The summed E-state index contributed by atoms with van der Waals surface area (Å²) in [6.07, 6.45) is 3.64. The first-order valence-corrected chi connectivity index (χ1v) is 5.98. The number of nitro groups is 1. The van der Waals surface area contributed by atoms with E-state index in [1.165, 1.54) is 0 Å². The van der Waals surface area contributed by atoms with E-state index in [1.54, 1.807) is 36.0 Å². The number of nitro benzene ring substituents is 1. The summed E-state index contributed by atoms with van der Waals surface area (Å²) in [6.45, 7) is 3.68. The molecule has 1 unspecified atom stereocenters. The van der Waals surface area contributed by atoms with Crippen molar-refractivity contribution in [3.05, 3.63) is 51.8 Å². The Kier molecular flexibility index (Phi) is 3.50. The van der Waals surface area contributed by atoms with Crippen molar-refractivity contribution in [3.8, 4) is 0 Å². The number of para-hydroxylation sites is 1. The fourth-order valence-electron chi connectivity index (χ4n) is 2.00. The molecular weight excluding hydrogens is 244 g/mol. The van der Waals surface area contributed by atoms with Crippen LogP contribution in [0, 0.1) is 17.0 Å². The Morgan fingerprint density at radius 2 is 2.21 bits per heavy atom. The van der Waals surface area contributed by atoms with Crippen LogP contribution in [0.5, 0.6) is 0 Å². The maximum atomic E-state index is 11.1. The Bertz CT molecular complexity index is 606. The van der Waals surface area contributed by atoms with Crippen molar-refractivity contribution in [1.29, 1.82) is 0 Å². The van der Waals surface area contributed by atoms with Gasteiger partial charge < -0.3 is 5.32 Å². The minimum Gasteiger partial charge on any atom is -0.373 e. The fraction of sp³-hybridized carbons (Fsp3) is 0.308. The second-order valence-electron chi connectivity index (χ2n) is 4.54. The topological polar surface area (TPSA) is 73.0 Å². The van der Waals surface area contributed by atoms with Crippen molar-refractivity contribution in [3.63, 3.8) is 0 Å². The van der Waals surface area contributed by atoms with Gasteiger partial charge in [0.05, 0.1) is 17.2 Å². The Labute approximate surface area is 111 Å². The lowest BCUT2D eigenvalue weighted by Gasteiger charge is -2.14. The van der Waals surface area contributed by atoms with E-state index >= 15 is 0 Å². The molecule has 1 N–H and O–H groups in total. The number of rotatable bonds is 4. The number of hydrogen-bond donors (Lipinski definition) is 1. The first-order chi connectivity index (χ1) is 8.99. The van der Waals surface area contributed by atoms with E-state index in [9.17, 15) is 10.1 Å². The van der Waals surface area contributed by atoms with Crippen LogP contribution in [-0.4, -0.2) is 14.7 Å². The van der Waals surface area contributed by atoms with Gasteiger partial charge in [0.2, 0.25) is 0 Å². The smallest absolute Gasteiger partial charge is 0.295 e. The van der Waals surface area contributed by atoms with E-state index < -0.39 is 0 Å². The summed E-state index contributed by atoms with van der Waals surface area (Å²) in [7, 11) is 1.84. The molecule has 0 saturated carbocycles. The van der Waals surface area contributed by atoms with Crippen LogP contribution in [0.1, 0.15) is 24.1 Å². The van der Waals surface area contributed by atoms with E-state index in [0.717, 1.165) is 5.56 Å². The Balaban J connectivity index is 2.28. The molecule has 2 rings (SSSR count). The second-order valence-corrected chi connectivity index (χ2v) is 4.54. The van der Waals surface area contributed by atoms with E-state index in [1.807, 2.05) is 20.2 Å². The van der Waals surface area contributed by atoms with Gasteiger partial charge in [0.15, 0.2) is 0 Å². The van der Waals surface area contributed by atoms with Crippen molar-refractivity contribution < 1.29 is 4.92 Å². The van der Waals surface area contributed by atoms with Crippen LogP contribution >= 0.6 is 0 Å². The molecule has 1 aromatic heterocycles. The van der Waals surface area contributed by atoms with Crippen molar-refractivity contribution >= 4 is 11.4 Å². The number of aromatic nitrogens is 2. The van der Waals surface area contributed by atoms with Gasteiger partial charge in [0, 0.05) is 24.4 Å². The number of nitrogens with zero attached hydrogens (tertiary/aromatic N) is 3. The molecule has 0 saturated heterocycles. The Morgan fingerprint density at radius 1 is 1.47 bits per heavy atom. The molecule has 0 fully saturated rings. The second kappa shape index (κ2) is 5.09.